The summed E-state index contributed by atoms with van der Waals surface area (Å²) in [7, 11) is 0. The molecule has 4 heteroatoms. The summed E-state index contributed by atoms with van der Waals surface area (Å²) in [5.41, 5.74) is 1.12. The van der Waals surface area contributed by atoms with Crippen molar-refractivity contribution in [3.05, 3.63) is 33.3 Å². The highest BCUT2D eigenvalue weighted by molar-refractivity contribution is 9.10. The lowest BCUT2D eigenvalue weighted by molar-refractivity contribution is 0.116. The average Bonchev–Trinajstić information content (AvgIpc) is 2.32. The van der Waals surface area contributed by atoms with Crippen molar-refractivity contribution in [1.29, 1.82) is 0 Å². The molecule has 1 saturated carbocycles. The van der Waals surface area contributed by atoms with Crippen LogP contribution in [0.3, 0.4) is 0 Å². The van der Waals surface area contributed by atoms with Crippen LogP contribution in [0.15, 0.2) is 22.7 Å². The van der Waals surface area contributed by atoms with Gasteiger partial charge in [0, 0.05) is 22.1 Å². The van der Waals surface area contributed by atoms with Gasteiger partial charge in [-0.05, 0) is 49.4 Å². The predicted octanol–water partition coefficient (Wildman–Crippen LogP) is 3.50. The number of halogens is 2. The molecule has 0 aromatic heterocycles. The molecule has 0 spiro atoms. The lowest BCUT2D eigenvalue weighted by Crippen LogP contribution is -2.34. The maximum Gasteiger partial charge on any atom is 0.0541 e. The van der Waals surface area contributed by atoms with Crippen molar-refractivity contribution in [1.82, 2.24) is 5.32 Å². The summed E-state index contributed by atoms with van der Waals surface area (Å²) < 4.78 is 1.05. The van der Waals surface area contributed by atoms with E-state index in [1.807, 2.05) is 18.2 Å². The molecule has 2 rings (SSSR count). The molecule has 1 aliphatic carbocycles. The van der Waals surface area contributed by atoms with Gasteiger partial charge < -0.3 is 10.4 Å². The second-order valence-corrected chi connectivity index (χ2v) is 5.94. The van der Waals surface area contributed by atoms with Crippen LogP contribution in [0.4, 0.5) is 0 Å². The van der Waals surface area contributed by atoms with Crippen LogP contribution in [0.2, 0.25) is 5.02 Å². The normalized spacial score (nSPS) is 24.9. The van der Waals surface area contributed by atoms with Gasteiger partial charge in [0.15, 0.2) is 0 Å². The van der Waals surface area contributed by atoms with Gasteiger partial charge in [-0.3, -0.25) is 0 Å². The summed E-state index contributed by atoms with van der Waals surface area (Å²) in [5.74, 6) is 0. The maximum absolute atomic E-state index is 9.44. The fraction of sp³-hybridized carbons (Fsp3) is 0.538. The first-order chi connectivity index (χ1) is 8.15. The topological polar surface area (TPSA) is 32.3 Å². The summed E-state index contributed by atoms with van der Waals surface area (Å²) >= 11 is 9.59. The first-order valence-electron chi connectivity index (χ1n) is 6.00. The van der Waals surface area contributed by atoms with Crippen molar-refractivity contribution >= 4 is 27.5 Å². The van der Waals surface area contributed by atoms with Crippen LogP contribution in [0.25, 0.3) is 0 Å². The van der Waals surface area contributed by atoms with Crippen molar-refractivity contribution in [2.75, 3.05) is 0 Å². The molecule has 0 radical (unpaired) electrons. The van der Waals surface area contributed by atoms with Gasteiger partial charge in [0.25, 0.3) is 0 Å². The minimum absolute atomic E-state index is 0.0949. The van der Waals surface area contributed by atoms with Crippen LogP contribution in [0, 0.1) is 0 Å². The minimum atomic E-state index is -0.0949. The lowest BCUT2D eigenvalue weighted by Gasteiger charge is -2.26. The second-order valence-electron chi connectivity index (χ2n) is 4.62. The van der Waals surface area contributed by atoms with Gasteiger partial charge in [-0.1, -0.05) is 27.5 Å². The summed E-state index contributed by atoms with van der Waals surface area (Å²) in [5, 5.41) is 13.8. The summed E-state index contributed by atoms with van der Waals surface area (Å²) in [6, 6.07) is 6.41. The van der Waals surface area contributed by atoms with E-state index in [4.69, 9.17) is 11.6 Å². The van der Waals surface area contributed by atoms with E-state index in [0.29, 0.717) is 6.04 Å². The van der Waals surface area contributed by atoms with Gasteiger partial charge in [0.1, 0.15) is 0 Å². The smallest absolute Gasteiger partial charge is 0.0541 e. The molecular weight excluding hydrogens is 302 g/mol. The Morgan fingerprint density at radius 1 is 1.29 bits per heavy atom. The third-order valence-corrected chi connectivity index (χ3v) is 4.15. The molecule has 1 fully saturated rings. The highest BCUT2D eigenvalue weighted by Gasteiger charge is 2.18. The van der Waals surface area contributed by atoms with Crippen molar-refractivity contribution < 1.29 is 5.11 Å². The van der Waals surface area contributed by atoms with E-state index in [9.17, 15) is 5.11 Å². The molecule has 17 heavy (non-hydrogen) atoms. The zero-order valence-corrected chi connectivity index (χ0v) is 12.0. The molecule has 0 saturated heterocycles. The first-order valence-corrected chi connectivity index (χ1v) is 7.17. The molecule has 2 nitrogen and oxygen atoms in total. The molecule has 1 aromatic rings. The standard InChI is InChI=1S/C13H17BrClNO/c14-10-1-6-13(15)9(7-10)8-16-11-2-4-12(17)5-3-11/h1,6-7,11-12,16-17H,2-5,8H2. The van der Waals surface area contributed by atoms with Crippen molar-refractivity contribution in [2.45, 2.75) is 44.4 Å². The Bertz CT molecular complexity index is 378. The fourth-order valence-corrected chi connectivity index (χ4v) is 2.81. The zero-order chi connectivity index (χ0) is 12.3. The van der Waals surface area contributed by atoms with E-state index >= 15 is 0 Å². The highest BCUT2D eigenvalue weighted by Crippen LogP contribution is 2.22. The van der Waals surface area contributed by atoms with Crippen LogP contribution >= 0.6 is 27.5 Å². The molecule has 0 heterocycles. The fourth-order valence-electron chi connectivity index (χ4n) is 2.21. The molecule has 0 atom stereocenters. The van der Waals surface area contributed by atoms with E-state index < -0.39 is 0 Å². The monoisotopic (exact) mass is 317 g/mol. The molecule has 1 aromatic carbocycles. The van der Waals surface area contributed by atoms with Crippen LogP contribution < -0.4 is 5.32 Å². The number of hydrogen-bond donors (Lipinski definition) is 2. The first kappa shape index (κ1) is 13.3. The summed E-state index contributed by atoms with van der Waals surface area (Å²) in [4.78, 5) is 0. The summed E-state index contributed by atoms with van der Waals surface area (Å²) in [6.45, 7) is 0.791. The van der Waals surface area contributed by atoms with Crippen LogP contribution in [0.1, 0.15) is 31.2 Å². The Labute approximate surface area is 115 Å². The van der Waals surface area contributed by atoms with Crippen molar-refractivity contribution in [3.63, 3.8) is 0 Å². The predicted molar refractivity (Wildman–Crippen MR) is 74.3 cm³/mol. The molecule has 0 unspecified atom stereocenters. The molecular formula is C13H17BrClNO. The number of nitrogens with one attached hydrogen (secondary N) is 1. The average molecular weight is 319 g/mol. The minimum Gasteiger partial charge on any atom is -0.393 e. The maximum atomic E-state index is 9.44. The van der Waals surface area contributed by atoms with E-state index in [0.717, 1.165) is 47.3 Å². The Hall–Kier alpha value is -0.0900. The Morgan fingerprint density at radius 2 is 2.00 bits per heavy atom. The van der Waals surface area contributed by atoms with Gasteiger partial charge in [-0.15, -0.1) is 0 Å². The third-order valence-electron chi connectivity index (χ3n) is 3.29. The largest absolute Gasteiger partial charge is 0.393 e. The number of aliphatic hydroxyl groups excluding tert-OH is 1. The Morgan fingerprint density at radius 3 is 2.71 bits per heavy atom. The molecule has 1 aliphatic rings. The quantitative estimate of drug-likeness (QED) is 0.894. The third kappa shape index (κ3) is 3.95. The van der Waals surface area contributed by atoms with Gasteiger partial charge in [-0.2, -0.15) is 0 Å². The SMILES string of the molecule is OC1CCC(NCc2cc(Br)ccc2Cl)CC1. The van der Waals surface area contributed by atoms with Crippen molar-refractivity contribution in [3.8, 4) is 0 Å². The molecule has 0 bridgehead atoms. The molecule has 0 amide bonds. The highest BCUT2D eigenvalue weighted by atomic mass is 79.9. The zero-order valence-electron chi connectivity index (χ0n) is 9.63. The van der Waals surface area contributed by atoms with Crippen LogP contribution in [0.5, 0.6) is 0 Å². The second kappa shape index (κ2) is 6.19. The molecule has 0 aliphatic heterocycles. The number of rotatable bonds is 3. The van der Waals surface area contributed by atoms with Gasteiger partial charge >= 0.3 is 0 Å². The Kier molecular flexibility index (Phi) is 4.86. The van der Waals surface area contributed by atoms with E-state index in [1.54, 1.807) is 0 Å². The number of benzene rings is 1. The molecule has 94 valence electrons. The van der Waals surface area contributed by atoms with E-state index in [1.165, 1.54) is 0 Å². The molecule has 2 N–H and O–H groups in total. The van der Waals surface area contributed by atoms with E-state index in [-0.39, 0.29) is 6.10 Å². The number of aliphatic hydroxyl groups is 1. The van der Waals surface area contributed by atoms with Crippen LogP contribution in [-0.2, 0) is 6.54 Å². The van der Waals surface area contributed by atoms with E-state index in [2.05, 4.69) is 21.2 Å². The van der Waals surface area contributed by atoms with Crippen molar-refractivity contribution in [2.24, 2.45) is 0 Å². The van der Waals surface area contributed by atoms with Gasteiger partial charge in [-0.25, -0.2) is 0 Å². The van der Waals surface area contributed by atoms with Gasteiger partial charge in [0.2, 0.25) is 0 Å². The van der Waals surface area contributed by atoms with Gasteiger partial charge in [0.05, 0.1) is 6.10 Å². The lowest BCUT2D eigenvalue weighted by atomic mass is 9.93. The number of hydrogen-bond acceptors (Lipinski definition) is 2. The van der Waals surface area contributed by atoms with Crippen LogP contribution in [-0.4, -0.2) is 17.3 Å². The Balaban J connectivity index is 1.87. The summed E-state index contributed by atoms with van der Waals surface area (Å²) in [6.07, 6.45) is 3.82.